The van der Waals surface area contributed by atoms with Gasteiger partial charge < -0.3 is 5.32 Å². The lowest BCUT2D eigenvalue weighted by molar-refractivity contribution is -0.577. The first-order valence-corrected chi connectivity index (χ1v) is 9.34. The van der Waals surface area contributed by atoms with Gasteiger partial charge in [0.15, 0.2) is 18.1 Å². The van der Waals surface area contributed by atoms with Crippen molar-refractivity contribution < 1.29 is 14.2 Å². The molecule has 2 aromatic carbocycles. The van der Waals surface area contributed by atoms with E-state index in [1.54, 1.807) is 59.4 Å². The van der Waals surface area contributed by atoms with E-state index in [0.717, 1.165) is 5.56 Å². The zero-order valence-corrected chi connectivity index (χ0v) is 16.4. The molecule has 1 aliphatic rings. The molecule has 1 heterocycles. The largest absolute Gasteiger partial charge is 0.345 e. The number of carbonyl (C=O) groups is 2. The molecule has 0 radical (unpaired) electrons. The molecule has 0 fully saturated rings. The van der Waals surface area contributed by atoms with Crippen LogP contribution in [0.15, 0.2) is 72.7 Å². The quantitative estimate of drug-likeness (QED) is 0.622. The van der Waals surface area contributed by atoms with Gasteiger partial charge >= 0.3 is 0 Å². The second kappa shape index (κ2) is 7.23. The summed E-state index contributed by atoms with van der Waals surface area (Å²) in [6, 6.07) is 15.5. The van der Waals surface area contributed by atoms with Crippen molar-refractivity contribution in [1.29, 1.82) is 0 Å². The molecule has 0 aliphatic heterocycles. The summed E-state index contributed by atoms with van der Waals surface area (Å²) < 4.78 is 1.65. The summed E-state index contributed by atoms with van der Waals surface area (Å²) >= 11 is 12.2. The first-order valence-electron chi connectivity index (χ1n) is 8.59. The molecule has 0 spiro atoms. The number of pyridine rings is 1. The molecule has 4 rings (SSSR count). The molecule has 0 bridgehead atoms. The predicted octanol–water partition coefficient (Wildman–Crippen LogP) is 4.95. The number of Topliss-reactive ketones (excluding diaryl/α,β-unsaturated/α-hetero) is 2. The second-order valence-corrected chi connectivity index (χ2v) is 7.30. The summed E-state index contributed by atoms with van der Waals surface area (Å²) in [5.41, 5.74) is 2.69. The normalized spacial score (nSPS) is 13.5. The SMILES string of the molecule is Cc1cc[n+](C2=C(Nc3ccc(Cl)cc3Cl)C(=O)c3ccccc3C2=O)cc1. The molecule has 138 valence electrons. The maximum Gasteiger partial charge on any atom is 0.286 e. The predicted molar refractivity (Wildman–Crippen MR) is 110 cm³/mol. The van der Waals surface area contributed by atoms with E-state index in [1.807, 2.05) is 19.1 Å². The van der Waals surface area contributed by atoms with Gasteiger partial charge in [-0.1, -0.05) is 47.5 Å². The number of hydrogen-bond acceptors (Lipinski definition) is 3. The summed E-state index contributed by atoms with van der Waals surface area (Å²) in [4.78, 5) is 26.5. The summed E-state index contributed by atoms with van der Waals surface area (Å²) in [6.07, 6.45) is 3.52. The van der Waals surface area contributed by atoms with E-state index in [2.05, 4.69) is 5.32 Å². The number of aryl methyl sites for hydroxylation is 1. The van der Waals surface area contributed by atoms with Gasteiger partial charge in [-0.05, 0) is 30.7 Å². The molecular formula is C22H15Cl2N2O2+. The van der Waals surface area contributed by atoms with E-state index in [9.17, 15) is 9.59 Å². The van der Waals surface area contributed by atoms with Crippen LogP contribution in [0.2, 0.25) is 10.0 Å². The Morgan fingerprint density at radius 2 is 1.50 bits per heavy atom. The van der Waals surface area contributed by atoms with Gasteiger partial charge in [0.1, 0.15) is 0 Å². The van der Waals surface area contributed by atoms with Crippen molar-refractivity contribution in [2.24, 2.45) is 0 Å². The van der Waals surface area contributed by atoms with E-state index in [0.29, 0.717) is 26.9 Å². The van der Waals surface area contributed by atoms with Gasteiger partial charge in [-0.2, -0.15) is 4.57 Å². The molecule has 6 heteroatoms. The molecule has 1 N–H and O–H groups in total. The van der Waals surface area contributed by atoms with Crippen LogP contribution in [-0.4, -0.2) is 11.6 Å². The molecule has 1 aliphatic carbocycles. The fourth-order valence-corrected chi connectivity index (χ4v) is 3.56. The Labute approximate surface area is 172 Å². The maximum atomic E-state index is 13.3. The first kappa shape index (κ1) is 18.4. The number of aromatic nitrogens is 1. The Morgan fingerprint density at radius 3 is 2.14 bits per heavy atom. The smallest absolute Gasteiger partial charge is 0.286 e. The fourth-order valence-electron chi connectivity index (χ4n) is 3.10. The highest BCUT2D eigenvalue weighted by molar-refractivity contribution is 6.38. The van der Waals surface area contributed by atoms with Gasteiger partial charge in [0.2, 0.25) is 5.78 Å². The average molecular weight is 410 g/mol. The van der Waals surface area contributed by atoms with Crippen LogP contribution in [0, 0.1) is 6.92 Å². The zero-order chi connectivity index (χ0) is 19.8. The number of nitrogens with zero attached hydrogens (tertiary/aromatic N) is 1. The highest BCUT2D eigenvalue weighted by Gasteiger charge is 2.38. The van der Waals surface area contributed by atoms with Crippen molar-refractivity contribution in [3.63, 3.8) is 0 Å². The van der Waals surface area contributed by atoms with Crippen LogP contribution in [0.25, 0.3) is 5.70 Å². The summed E-state index contributed by atoms with van der Waals surface area (Å²) in [7, 11) is 0. The third-order valence-corrected chi connectivity index (χ3v) is 5.09. The summed E-state index contributed by atoms with van der Waals surface area (Å²) in [6.45, 7) is 1.95. The lowest BCUT2D eigenvalue weighted by atomic mass is 9.90. The summed E-state index contributed by atoms with van der Waals surface area (Å²) in [5, 5.41) is 3.89. The minimum Gasteiger partial charge on any atom is -0.345 e. The fraction of sp³-hybridized carbons (Fsp3) is 0.0455. The second-order valence-electron chi connectivity index (χ2n) is 6.46. The first-order chi connectivity index (χ1) is 13.5. The van der Waals surface area contributed by atoms with Gasteiger partial charge in [0.05, 0.1) is 10.7 Å². The standard InChI is InChI=1S/C22H14Cl2N2O2/c1-13-8-10-26(11-9-13)20-19(25-18-7-6-14(23)12-17(18)24)21(27)15-4-2-3-5-16(15)22(20)28/h2-12H,1H3/p+1. The molecule has 0 unspecified atom stereocenters. The average Bonchev–Trinajstić information content (AvgIpc) is 2.69. The van der Waals surface area contributed by atoms with Crippen LogP contribution in [0.5, 0.6) is 0 Å². The number of ketones is 2. The van der Waals surface area contributed by atoms with Crippen molar-refractivity contribution in [2.45, 2.75) is 6.92 Å². The van der Waals surface area contributed by atoms with Gasteiger partial charge in [0, 0.05) is 28.3 Å². The van der Waals surface area contributed by atoms with Crippen LogP contribution >= 0.6 is 23.2 Å². The molecule has 0 atom stereocenters. The topological polar surface area (TPSA) is 50.1 Å². The number of anilines is 1. The highest BCUT2D eigenvalue weighted by Crippen LogP contribution is 2.31. The lowest BCUT2D eigenvalue weighted by Gasteiger charge is -2.19. The molecule has 0 saturated carbocycles. The van der Waals surface area contributed by atoms with E-state index in [-0.39, 0.29) is 23.0 Å². The summed E-state index contributed by atoms with van der Waals surface area (Å²) in [5.74, 6) is -0.513. The molecule has 1 aromatic heterocycles. The molecule has 0 saturated heterocycles. The highest BCUT2D eigenvalue weighted by atomic mass is 35.5. The lowest BCUT2D eigenvalue weighted by Crippen LogP contribution is -2.42. The number of rotatable bonds is 3. The van der Waals surface area contributed by atoms with Gasteiger partial charge in [-0.25, -0.2) is 0 Å². The molecule has 4 nitrogen and oxygen atoms in total. The molecule has 28 heavy (non-hydrogen) atoms. The number of hydrogen-bond donors (Lipinski definition) is 1. The van der Waals surface area contributed by atoms with Gasteiger partial charge in [-0.3, -0.25) is 9.59 Å². The van der Waals surface area contributed by atoms with Crippen LogP contribution in [0.4, 0.5) is 5.69 Å². The number of benzene rings is 2. The van der Waals surface area contributed by atoms with E-state index >= 15 is 0 Å². The Hall–Kier alpha value is -2.95. The Bertz CT molecular complexity index is 1150. The van der Waals surface area contributed by atoms with Crippen molar-refractivity contribution in [1.82, 2.24) is 0 Å². The van der Waals surface area contributed by atoms with E-state index in [4.69, 9.17) is 23.2 Å². The number of fused-ring (bicyclic) bond motifs is 1. The van der Waals surface area contributed by atoms with Crippen molar-refractivity contribution in [3.05, 3.63) is 99.4 Å². The number of carbonyl (C=O) groups excluding carboxylic acids is 2. The number of allylic oxidation sites excluding steroid dienone is 2. The number of nitrogens with one attached hydrogen (secondary N) is 1. The Morgan fingerprint density at radius 1 is 0.857 bits per heavy atom. The van der Waals surface area contributed by atoms with Crippen LogP contribution < -0.4 is 9.88 Å². The van der Waals surface area contributed by atoms with Crippen LogP contribution in [-0.2, 0) is 0 Å². The Balaban J connectivity index is 1.92. The minimum atomic E-state index is -0.274. The van der Waals surface area contributed by atoms with Crippen LogP contribution in [0.1, 0.15) is 26.3 Å². The van der Waals surface area contributed by atoms with E-state index < -0.39 is 0 Å². The Kier molecular flexibility index (Phi) is 4.75. The van der Waals surface area contributed by atoms with Gasteiger partial charge in [-0.15, -0.1) is 0 Å². The third-order valence-electron chi connectivity index (χ3n) is 4.54. The molecule has 0 amide bonds. The zero-order valence-electron chi connectivity index (χ0n) is 14.9. The van der Waals surface area contributed by atoms with Crippen molar-refractivity contribution >= 4 is 46.2 Å². The van der Waals surface area contributed by atoms with Crippen molar-refractivity contribution in [3.8, 4) is 0 Å². The maximum absolute atomic E-state index is 13.3. The minimum absolute atomic E-state index is 0.168. The van der Waals surface area contributed by atoms with E-state index in [1.165, 1.54) is 0 Å². The number of halogens is 2. The molecule has 3 aromatic rings. The van der Waals surface area contributed by atoms with Crippen molar-refractivity contribution in [2.75, 3.05) is 5.32 Å². The molecular weight excluding hydrogens is 395 g/mol. The van der Waals surface area contributed by atoms with Gasteiger partial charge in [0.25, 0.3) is 11.5 Å². The third kappa shape index (κ3) is 3.21. The monoisotopic (exact) mass is 409 g/mol. The van der Waals surface area contributed by atoms with Crippen LogP contribution in [0.3, 0.4) is 0 Å².